The highest BCUT2D eigenvalue weighted by Crippen LogP contribution is 2.32. The highest BCUT2D eigenvalue weighted by Gasteiger charge is 2.49. The maximum atomic E-state index is 11.6. The van der Waals surface area contributed by atoms with Crippen LogP contribution in [0.25, 0.3) is 0 Å². The number of likely N-dealkylation sites (N-methyl/N-ethyl adjacent to an activating group) is 1. The Labute approximate surface area is 87.6 Å². The van der Waals surface area contributed by atoms with Gasteiger partial charge in [0, 0.05) is 32.6 Å². The molecular formula is C9H15N3O3. The number of nitrogens with one attached hydrogen (secondary N) is 2. The number of carbonyl (C=O) groups is 2. The van der Waals surface area contributed by atoms with E-state index in [0.29, 0.717) is 6.54 Å². The third-order valence-electron chi connectivity index (χ3n) is 3.33. The predicted octanol–water partition coefficient (Wildman–Crippen LogP) is -1.07. The molecule has 0 aliphatic carbocycles. The number of hydrogen-bond donors (Lipinski definition) is 3. The first-order valence-corrected chi connectivity index (χ1v) is 5.07. The average Bonchev–Trinajstić information content (AvgIpc) is 2.74. The van der Waals surface area contributed by atoms with Crippen molar-refractivity contribution >= 4 is 12.0 Å². The average molecular weight is 213 g/mol. The summed E-state index contributed by atoms with van der Waals surface area (Å²) in [5.74, 6) is 0.207. The molecule has 2 amide bonds. The van der Waals surface area contributed by atoms with Gasteiger partial charge >= 0.3 is 6.09 Å². The largest absolute Gasteiger partial charge is 0.465 e. The number of carboxylic acid groups (broad SMARTS) is 1. The molecule has 0 saturated carbocycles. The molecule has 6 heteroatoms. The molecule has 0 aromatic carbocycles. The van der Waals surface area contributed by atoms with Crippen molar-refractivity contribution in [2.45, 2.75) is 6.04 Å². The van der Waals surface area contributed by atoms with Crippen LogP contribution in [0, 0.1) is 11.8 Å². The van der Waals surface area contributed by atoms with Crippen LogP contribution in [0.15, 0.2) is 0 Å². The Bertz CT molecular complexity index is 294. The summed E-state index contributed by atoms with van der Waals surface area (Å²) in [5, 5.41) is 14.7. The lowest BCUT2D eigenvalue weighted by Crippen LogP contribution is -2.48. The summed E-state index contributed by atoms with van der Waals surface area (Å²) < 4.78 is 0. The van der Waals surface area contributed by atoms with E-state index in [-0.39, 0.29) is 17.7 Å². The van der Waals surface area contributed by atoms with Gasteiger partial charge in [0.25, 0.3) is 0 Å². The highest BCUT2D eigenvalue weighted by atomic mass is 16.4. The summed E-state index contributed by atoms with van der Waals surface area (Å²) in [6, 6.07) is -0.521. The summed E-state index contributed by atoms with van der Waals surface area (Å²) in [6.07, 6.45) is -1.00. The van der Waals surface area contributed by atoms with Crippen LogP contribution in [-0.4, -0.2) is 54.7 Å². The van der Waals surface area contributed by atoms with Gasteiger partial charge in [0.15, 0.2) is 0 Å². The van der Waals surface area contributed by atoms with Crippen molar-refractivity contribution in [2.24, 2.45) is 11.8 Å². The van der Waals surface area contributed by atoms with Gasteiger partial charge in [0.05, 0.1) is 0 Å². The van der Waals surface area contributed by atoms with E-state index in [1.165, 1.54) is 11.9 Å². The molecule has 3 unspecified atom stereocenters. The molecule has 2 heterocycles. The van der Waals surface area contributed by atoms with Gasteiger partial charge in [-0.2, -0.15) is 0 Å². The van der Waals surface area contributed by atoms with Gasteiger partial charge in [0.2, 0.25) is 5.91 Å². The van der Waals surface area contributed by atoms with E-state index in [0.717, 1.165) is 13.1 Å². The van der Waals surface area contributed by atoms with E-state index < -0.39 is 12.1 Å². The molecule has 84 valence electrons. The molecule has 6 nitrogen and oxygen atoms in total. The van der Waals surface area contributed by atoms with Gasteiger partial charge in [-0.3, -0.25) is 9.69 Å². The summed E-state index contributed by atoms with van der Waals surface area (Å²) in [4.78, 5) is 23.9. The van der Waals surface area contributed by atoms with E-state index in [9.17, 15) is 9.59 Å². The number of fused-ring (bicyclic) bond motifs is 1. The molecule has 2 aliphatic rings. The molecule has 0 aromatic rings. The standard InChI is InChI=1S/C9H15N3O3/c1-10-8(13)7-6-3-11-2-5(6)4-12(7)9(14)15/h5-7,11H,2-4H2,1H3,(H,10,13)(H,14,15). The molecule has 2 aliphatic heterocycles. The Morgan fingerprint density at radius 1 is 1.47 bits per heavy atom. The third-order valence-corrected chi connectivity index (χ3v) is 3.33. The lowest BCUT2D eigenvalue weighted by atomic mass is 9.94. The van der Waals surface area contributed by atoms with Crippen molar-refractivity contribution in [1.82, 2.24) is 15.5 Å². The molecule has 15 heavy (non-hydrogen) atoms. The molecule has 0 spiro atoms. The molecule has 3 atom stereocenters. The molecule has 0 radical (unpaired) electrons. The first-order valence-electron chi connectivity index (χ1n) is 5.07. The molecular weight excluding hydrogens is 198 g/mol. The van der Waals surface area contributed by atoms with Crippen LogP contribution in [0.4, 0.5) is 4.79 Å². The summed E-state index contributed by atoms with van der Waals surface area (Å²) in [5.41, 5.74) is 0. The summed E-state index contributed by atoms with van der Waals surface area (Å²) in [6.45, 7) is 2.00. The highest BCUT2D eigenvalue weighted by molar-refractivity contribution is 5.86. The van der Waals surface area contributed by atoms with E-state index in [2.05, 4.69) is 10.6 Å². The fourth-order valence-corrected chi connectivity index (χ4v) is 2.60. The maximum Gasteiger partial charge on any atom is 0.408 e. The van der Waals surface area contributed by atoms with E-state index in [1.807, 2.05) is 0 Å². The molecule has 2 fully saturated rings. The Balaban J connectivity index is 2.20. The first kappa shape index (κ1) is 10.2. The van der Waals surface area contributed by atoms with Crippen molar-refractivity contribution in [3.63, 3.8) is 0 Å². The maximum absolute atomic E-state index is 11.6. The molecule has 3 N–H and O–H groups in total. The van der Waals surface area contributed by atoms with Crippen molar-refractivity contribution in [1.29, 1.82) is 0 Å². The topological polar surface area (TPSA) is 81.7 Å². The molecule has 0 bridgehead atoms. The van der Waals surface area contributed by atoms with Crippen LogP contribution in [0.3, 0.4) is 0 Å². The van der Waals surface area contributed by atoms with E-state index in [1.54, 1.807) is 0 Å². The van der Waals surface area contributed by atoms with Crippen LogP contribution in [0.2, 0.25) is 0 Å². The second-order valence-electron chi connectivity index (χ2n) is 4.08. The number of carbonyl (C=O) groups excluding carboxylic acids is 1. The fourth-order valence-electron chi connectivity index (χ4n) is 2.60. The molecule has 0 aromatic heterocycles. The van der Waals surface area contributed by atoms with Gasteiger partial charge in [0.1, 0.15) is 6.04 Å². The van der Waals surface area contributed by atoms with Gasteiger partial charge in [-0.05, 0) is 5.92 Å². The quantitative estimate of drug-likeness (QED) is 0.518. The second-order valence-corrected chi connectivity index (χ2v) is 4.08. The zero-order valence-electron chi connectivity index (χ0n) is 8.56. The summed E-state index contributed by atoms with van der Waals surface area (Å²) in [7, 11) is 1.54. The van der Waals surface area contributed by atoms with E-state index >= 15 is 0 Å². The van der Waals surface area contributed by atoms with Crippen molar-refractivity contribution in [3.8, 4) is 0 Å². The van der Waals surface area contributed by atoms with Crippen molar-refractivity contribution in [2.75, 3.05) is 26.7 Å². The minimum absolute atomic E-state index is 0.126. The number of rotatable bonds is 1. The Morgan fingerprint density at radius 3 is 2.80 bits per heavy atom. The monoisotopic (exact) mass is 213 g/mol. The zero-order chi connectivity index (χ0) is 11.0. The van der Waals surface area contributed by atoms with Gasteiger partial charge in [-0.25, -0.2) is 4.79 Å². The van der Waals surface area contributed by atoms with Crippen LogP contribution < -0.4 is 10.6 Å². The third kappa shape index (κ3) is 1.54. The van der Waals surface area contributed by atoms with Crippen molar-refractivity contribution < 1.29 is 14.7 Å². The smallest absolute Gasteiger partial charge is 0.408 e. The number of nitrogens with zero attached hydrogens (tertiary/aromatic N) is 1. The van der Waals surface area contributed by atoms with Crippen molar-refractivity contribution in [3.05, 3.63) is 0 Å². The number of hydrogen-bond acceptors (Lipinski definition) is 3. The SMILES string of the molecule is CNC(=O)C1C2CNCC2CN1C(=O)O. The predicted molar refractivity (Wildman–Crippen MR) is 52.4 cm³/mol. The first-order chi connectivity index (χ1) is 7.15. The lowest BCUT2D eigenvalue weighted by Gasteiger charge is -2.23. The van der Waals surface area contributed by atoms with Crippen LogP contribution in [0.1, 0.15) is 0 Å². The molecule has 2 rings (SSSR count). The zero-order valence-corrected chi connectivity index (χ0v) is 8.56. The van der Waals surface area contributed by atoms with Gasteiger partial charge in [-0.1, -0.05) is 0 Å². The van der Waals surface area contributed by atoms with Crippen LogP contribution in [-0.2, 0) is 4.79 Å². The number of amides is 2. The minimum atomic E-state index is -1.00. The second kappa shape index (κ2) is 3.69. The van der Waals surface area contributed by atoms with Gasteiger partial charge < -0.3 is 15.7 Å². The lowest BCUT2D eigenvalue weighted by molar-refractivity contribution is -0.125. The van der Waals surface area contributed by atoms with Crippen LogP contribution >= 0.6 is 0 Å². The normalized spacial score (nSPS) is 33.9. The minimum Gasteiger partial charge on any atom is -0.465 e. The Kier molecular flexibility index (Phi) is 2.52. The van der Waals surface area contributed by atoms with Crippen LogP contribution in [0.5, 0.6) is 0 Å². The Hall–Kier alpha value is -1.30. The summed E-state index contributed by atoms with van der Waals surface area (Å²) >= 11 is 0. The fraction of sp³-hybridized carbons (Fsp3) is 0.778. The number of likely N-dealkylation sites (tertiary alicyclic amines) is 1. The van der Waals surface area contributed by atoms with E-state index in [4.69, 9.17) is 5.11 Å². The van der Waals surface area contributed by atoms with Gasteiger partial charge in [-0.15, -0.1) is 0 Å². The molecule has 2 saturated heterocycles. The Morgan fingerprint density at radius 2 is 2.20 bits per heavy atom.